The van der Waals surface area contributed by atoms with Gasteiger partial charge in [-0.2, -0.15) is 23.3 Å². The van der Waals surface area contributed by atoms with Gasteiger partial charge in [0.15, 0.2) is 5.82 Å². The zero-order chi connectivity index (χ0) is 14.8. The van der Waals surface area contributed by atoms with Gasteiger partial charge in [0.05, 0.1) is 0 Å². The van der Waals surface area contributed by atoms with E-state index in [1.54, 1.807) is 30.9 Å². The van der Waals surface area contributed by atoms with E-state index in [9.17, 15) is 13.2 Å². The predicted molar refractivity (Wildman–Crippen MR) is 67.7 cm³/mol. The van der Waals surface area contributed by atoms with E-state index in [2.05, 4.69) is 25.7 Å². The van der Waals surface area contributed by atoms with E-state index >= 15 is 0 Å². The number of anilines is 3. The number of hydrogen-bond donors (Lipinski definition) is 2. The molecule has 2 heterocycles. The fraction of sp³-hybridized carbons (Fsp3) is 0.364. The fourth-order valence-electron chi connectivity index (χ4n) is 1.55. The van der Waals surface area contributed by atoms with Gasteiger partial charge in [-0.1, -0.05) is 0 Å². The molecular formula is C11H13F3N6. The molecule has 2 N–H and O–H groups in total. The van der Waals surface area contributed by atoms with Crippen LogP contribution >= 0.6 is 0 Å². The number of nitrogens with one attached hydrogen (secondary N) is 2. The lowest BCUT2D eigenvalue weighted by Gasteiger charge is -2.13. The molecule has 108 valence electrons. The summed E-state index contributed by atoms with van der Waals surface area (Å²) in [6.07, 6.45) is -2.06. The quantitative estimate of drug-likeness (QED) is 0.903. The van der Waals surface area contributed by atoms with E-state index < -0.39 is 11.7 Å². The van der Waals surface area contributed by atoms with Crippen LogP contribution in [0, 0.1) is 0 Å². The molecule has 0 aliphatic heterocycles. The van der Waals surface area contributed by atoms with E-state index in [0.29, 0.717) is 12.4 Å². The number of alkyl halides is 3. The lowest BCUT2D eigenvalue weighted by molar-refractivity contribution is -0.137. The monoisotopic (exact) mass is 286 g/mol. The maximum atomic E-state index is 12.8. The summed E-state index contributed by atoms with van der Waals surface area (Å²) in [6.45, 7) is 2.01. The molecule has 2 aromatic heterocycles. The van der Waals surface area contributed by atoms with Crippen LogP contribution in [0.4, 0.5) is 30.8 Å². The highest BCUT2D eigenvalue weighted by atomic mass is 19.4. The van der Waals surface area contributed by atoms with Gasteiger partial charge in [-0.05, 0) is 6.92 Å². The van der Waals surface area contributed by atoms with E-state index in [-0.39, 0.29) is 11.8 Å². The number of aromatic nitrogens is 4. The predicted octanol–water partition coefficient (Wildman–Crippen LogP) is 2.40. The van der Waals surface area contributed by atoms with Gasteiger partial charge in [0, 0.05) is 32.1 Å². The molecule has 0 aliphatic rings. The van der Waals surface area contributed by atoms with Crippen LogP contribution in [-0.2, 0) is 13.2 Å². The van der Waals surface area contributed by atoms with Crippen LogP contribution in [0.25, 0.3) is 0 Å². The van der Waals surface area contributed by atoms with Gasteiger partial charge >= 0.3 is 6.18 Å². The standard InChI is InChI=1S/C11H13F3N6/c1-3-15-9-7(11(12,13)14)6-16-10(18-9)17-8-4-5-20(2)19-8/h4-6H,3H2,1-2H3,(H2,15,16,17,18,19). The molecule has 0 bridgehead atoms. The maximum Gasteiger partial charge on any atom is 0.421 e. The van der Waals surface area contributed by atoms with Crippen molar-refractivity contribution in [1.82, 2.24) is 19.7 Å². The summed E-state index contributed by atoms with van der Waals surface area (Å²) < 4.78 is 39.9. The van der Waals surface area contributed by atoms with Crippen LogP contribution in [0.5, 0.6) is 0 Å². The maximum absolute atomic E-state index is 12.8. The third kappa shape index (κ3) is 3.16. The molecule has 0 spiro atoms. The molecule has 0 saturated carbocycles. The first-order valence-corrected chi connectivity index (χ1v) is 5.85. The van der Waals surface area contributed by atoms with Crippen LogP contribution in [0.3, 0.4) is 0 Å². The Morgan fingerprint density at radius 3 is 2.65 bits per heavy atom. The number of nitrogens with zero attached hydrogens (tertiary/aromatic N) is 4. The number of hydrogen-bond acceptors (Lipinski definition) is 5. The third-order valence-electron chi connectivity index (χ3n) is 2.39. The van der Waals surface area contributed by atoms with E-state index in [1.807, 2.05) is 0 Å². The highest BCUT2D eigenvalue weighted by molar-refractivity contribution is 5.53. The minimum atomic E-state index is -4.50. The Morgan fingerprint density at radius 1 is 1.35 bits per heavy atom. The Bertz CT molecular complexity index is 592. The fourth-order valence-corrected chi connectivity index (χ4v) is 1.55. The smallest absolute Gasteiger partial charge is 0.370 e. The second kappa shape index (κ2) is 5.35. The molecular weight excluding hydrogens is 273 g/mol. The van der Waals surface area contributed by atoms with Gasteiger partial charge in [0.25, 0.3) is 0 Å². The highest BCUT2D eigenvalue weighted by Crippen LogP contribution is 2.33. The van der Waals surface area contributed by atoms with Crippen molar-refractivity contribution in [3.05, 3.63) is 24.0 Å². The largest absolute Gasteiger partial charge is 0.421 e. The molecule has 2 aromatic rings. The summed E-state index contributed by atoms with van der Waals surface area (Å²) >= 11 is 0. The molecule has 6 nitrogen and oxygen atoms in total. The Hall–Kier alpha value is -2.32. The molecule has 2 rings (SSSR count). The third-order valence-corrected chi connectivity index (χ3v) is 2.39. The molecule has 0 aliphatic carbocycles. The normalized spacial score (nSPS) is 11.4. The minimum Gasteiger partial charge on any atom is -0.370 e. The molecule has 0 radical (unpaired) electrons. The average molecular weight is 286 g/mol. The van der Waals surface area contributed by atoms with Gasteiger partial charge in [-0.15, -0.1) is 0 Å². The molecule has 0 unspecified atom stereocenters. The first-order chi connectivity index (χ1) is 9.40. The van der Waals surface area contributed by atoms with Crippen LogP contribution in [0.15, 0.2) is 18.5 Å². The second-order valence-electron chi connectivity index (χ2n) is 3.98. The number of halogens is 3. The van der Waals surface area contributed by atoms with Crippen molar-refractivity contribution in [2.45, 2.75) is 13.1 Å². The molecule has 0 atom stereocenters. The Labute approximate surface area is 113 Å². The summed E-state index contributed by atoms with van der Waals surface area (Å²) in [5.41, 5.74) is -0.897. The van der Waals surface area contributed by atoms with E-state index in [4.69, 9.17) is 0 Å². The zero-order valence-corrected chi connectivity index (χ0v) is 10.9. The topological polar surface area (TPSA) is 67.7 Å². The van der Waals surface area contributed by atoms with Crippen molar-refractivity contribution in [3.63, 3.8) is 0 Å². The summed E-state index contributed by atoms with van der Waals surface area (Å²) in [7, 11) is 1.73. The summed E-state index contributed by atoms with van der Waals surface area (Å²) in [5.74, 6) is 0.246. The Kier molecular flexibility index (Phi) is 3.77. The Balaban J connectivity index is 2.30. The first-order valence-electron chi connectivity index (χ1n) is 5.85. The van der Waals surface area contributed by atoms with Crippen molar-refractivity contribution in [3.8, 4) is 0 Å². The van der Waals surface area contributed by atoms with Gasteiger partial charge in [-0.3, -0.25) is 4.68 Å². The first kappa shape index (κ1) is 14.1. The van der Waals surface area contributed by atoms with E-state index in [0.717, 1.165) is 6.20 Å². The molecule has 0 saturated heterocycles. The average Bonchev–Trinajstić information content (AvgIpc) is 2.74. The van der Waals surface area contributed by atoms with Crippen molar-refractivity contribution >= 4 is 17.6 Å². The molecule has 9 heteroatoms. The van der Waals surface area contributed by atoms with Gasteiger partial charge in [0.2, 0.25) is 5.95 Å². The Morgan fingerprint density at radius 2 is 2.10 bits per heavy atom. The van der Waals surface area contributed by atoms with Crippen molar-refractivity contribution in [1.29, 1.82) is 0 Å². The minimum absolute atomic E-state index is 0.0487. The van der Waals surface area contributed by atoms with E-state index in [1.165, 1.54) is 0 Å². The lowest BCUT2D eigenvalue weighted by Crippen LogP contribution is -2.14. The summed E-state index contributed by atoms with van der Waals surface area (Å²) in [5, 5.41) is 9.35. The van der Waals surface area contributed by atoms with Crippen molar-refractivity contribution in [2.24, 2.45) is 7.05 Å². The summed E-state index contributed by atoms with van der Waals surface area (Å²) in [6, 6.07) is 1.66. The summed E-state index contributed by atoms with van der Waals surface area (Å²) in [4.78, 5) is 7.49. The van der Waals surface area contributed by atoms with Crippen LogP contribution < -0.4 is 10.6 Å². The second-order valence-corrected chi connectivity index (χ2v) is 3.98. The van der Waals surface area contributed by atoms with Gasteiger partial charge in [0.1, 0.15) is 11.4 Å². The highest BCUT2D eigenvalue weighted by Gasteiger charge is 2.35. The van der Waals surface area contributed by atoms with Crippen LogP contribution in [0.1, 0.15) is 12.5 Å². The van der Waals surface area contributed by atoms with Crippen LogP contribution in [-0.4, -0.2) is 26.3 Å². The van der Waals surface area contributed by atoms with Crippen LogP contribution in [0.2, 0.25) is 0 Å². The molecule has 0 aromatic carbocycles. The molecule has 20 heavy (non-hydrogen) atoms. The number of aryl methyl sites for hydroxylation is 1. The van der Waals surface area contributed by atoms with Gasteiger partial charge in [-0.25, -0.2) is 4.98 Å². The van der Waals surface area contributed by atoms with Crippen molar-refractivity contribution in [2.75, 3.05) is 17.2 Å². The zero-order valence-electron chi connectivity index (χ0n) is 10.9. The lowest BCUT2D eigenvalue weighted by atomic mass is 10.3. The van der Waals surface area contributed by atoms with Gasteiger partial charge < -0.3 is 10.6 Å². The SMILES string of the molecule is CCNc1nc(Nc2ccn(C)n2)ncc1C(F)(F)F. The van der Waals surface area contributed by atoms with Crippen molar-refractivity contribution < 1.29 is 13.2 Å². The number of rotatable bonds is 4. The molecule has 0 amide bonds. The molecule has 0 fully saturated rings.